The molecule has 0 amide bonds. The highest BCUT2D eigenvalue weighted by atomic mass is 32.1. The molecule has 1 aromatic heterocycles. The number of aryl methyl sites for hydroxylation is 1. The summed E-state index contributed by atoms with van der Waals surface area (Å²) in [5.74, 6) is 0. The summed E-state index contributed by atoms with van der Waals surface area (Å²) in [5.41, 5.74) is 8.36. The molecule has 1 rings (SSSR count). The third-order valence-electron chi connectivity index (χ3n) is 1.98. The number of thiophene rings is 1. The molecule has 0 aliphatic heterocycles. The molecule has 1 aromatic rings. The maximum absolute atomic E-state index is 5.97. The lowest BCUT2D eigenvalue weighted by Crippen LogP contribution is -2.10. The van der Waals surface area contributed by atoms with Crippen molar-refractivity contribution in [3.05, 3.63) is 34.0 Å². The van der Waals surface area contributed by atoms with E-state index < -0.39 is 0 Å². The molecule has 2 N–H and O–H groups in total. The Bertz CT molecular complexity index is 275. The summed E-state index contributed by atoms with van der Waals surface area (Å²) in [4.78, 5) is 1.27. The van der Waals surface area contributed by atoms with Crippen molar-refractivity contribution in [1.29, 1.82) is 0 Å². The molecule has 0 fully saturated rings. The molecule has 1 nitrogen and oxygen atoms in total. The fourth-order valence-electron chi connectivity index (χ4n) is 1.14. The van der Waals surface area contributed by atoms with Crippen LogP contribution in [0.3, 0.4) is 0 Å². The minimum Gasteiger partial charge on any atom is -0.320 e. The summed E-state index contributed by atoms with van der Waals surface area (Å²) in [5, 5.41) is 2.09. The predicted octanol–water partition coefficient (Wildman–Crippen LogP) is 2.89. The molecular weight excluding hydrogens is 166 g/mol. The summed E-state index contributed by atoms with van der Waals surface area (Å²) in [6, 6.07) is 2.17. The van der Waals surface area contributed by atoms with Gasteiger partial charge in [0, 0.05) is 4.88 Å². The Hall–Kier alpha value is -0.600. The van der Waals surface area contributed by atoms with Crippen LogP contribution in [0.1, 0.15) is 30.3 Å². The van der Waals surface area contributed by atoms with Gasteiger partial charge in [-0.3, -0.25) is 0 Å². The highest BCUT2D eigenvalue weighted by molar-refractivity contribution is 7.10. The van der Waals surface area contributed by atoms with Gasteiger partial charge in [0.1, 0.15) is 0 Å². The quantitative estimate of drug-likeness (QED) is 0.713. The molecule has 0 saturated carbocycles. The van der Waals surface area contributed by atoms with Crippen molar-refractivity contribution in [2.45, 2.75) is 26.3 Å². The Kier molecular flexibility index (Phi) is 3.06. The molecule has 0 aliphatic rings. The SMILES string of the molecule is C=C(C)C(N)c1sccc1CC. The van der Waals surface area contributed by atoms with E-state index in [0.717, 1.165) is 12.0 Å². The molecule has 1 atom stereocenters. The first-order chi connectivity index (χ1) is 5.66. The van der Waals surface area contributed by atoms with E-state index in [0.29, 0.717) is 0 Å². The maximum Gasteiger partial charge on any atom is 0.0602 e. The van der Waals surface area contributed by atoms with Crippen LogP contribution in [0, 0.1) is 0 Å². The summed E-state index contributed by atoms with van der Waals surface area (Å²) in [6.07, 6.45) is 1.06. The third kappa shape index (κ3) is 1.76. The standard InChI is InChI=1S/C10H15NS/c1-4-8-5-6-12-10(8)9(11)7(2)3/h5-6,9H,2,4,11H2,1,3H3. The van der Waals surface area contributed by atoms with Crippen LogP contribution in [0.15, 0.2) is 23.6 Å². The lowest BCUT2D eigenvalue weighted by Gasteiger charge is -2.10. The number of hydrogen-bond donors (Lipinski definition) is 1. The second-order valence-corrected chi connectivity index (χ2v) is 3.94. The molecule has 0 saturated heterocycles. The average Bonchev–Trinajstić information content (AvgIpc) is 2.49. The molecule has 0 spiro atoms. The molecule has 0 bridgehead atoms. The van der Waals surface area contributed by atoms with E-state index in [9.17, 15) is 0 Å². The van der Waals surface area contributed by atoms with Crippen molar-refractivity contribution in [3.8, 4) is 0 Å². The van der Waals surface area contributed by atoms with Gasteiger partial charge in [0.05, 0.1) is 6.04 Å². The van der Waals surface area contributed by atoms with Gasteiger partial charge in [-0.1, -0.05) is 19.1 Å². The average molecular weight is 181 g/mol. The number of rotatable bonds is 3. The Morgan fingerprint density at radius 3 is 2.92 bits per heavy atom. The highest BCUT2D eigenvalue weighted by Crippen LogP contribution is 2.27. The van der Waals surface area contributed by atoms with Gasteiger partial charge in [0.15, 0.2) is 0 Å². The second kappa shape index (κ2) is 3.87. The van der Waals surface area contributed by atoms with Gasteiger partial charge in [-0.25, -0.2) is 0 Å². The normalized spacial score (nSPS) is 12.9. The zero-order valence-corrected chi connectivity index (χ0v) is 8.45. The minimum absolute atomic E-state index is 0.0277. The van der Waals surface area contributed by atoms with Crippen molar-refractivity contribution in [1.82, 2.24) is 0 Å². The Morgan fingerprint density at radius 1 is 1.75 bits per heavy atom. The first-order valence-corrected chi connectivity index (χ1v) is 5.02. The molecule has 0 radical (unpaired) electrons. The summed E-state index contributed by atoms with van der Waals surface area (Å²) >= 11 is 1.72. The van der Waals surface area contributed by atoms with Crippen LogP contribution in [-0.4, -0.2) is 0 Å². The van der Waals surface area contributed by atoms with Gasteiger partial charge in [-0.2, -0.15) is 0 Å². The van der Waals surface area contributed by atoms with Crippen LogP contribution in [0.2, 0.25) is 0 Å². The van der Waals surface area contributed by atoms with E-state index in [1.165, 1.54) is 10.4 Å². The van der Waals surface area contributed by atoms with Crippen molar-refractivity contribution in [3.63, 3.8) is 0 Å². The zero-order chi connectivity index (χ0) is 9.14. The van der Waals surface area contributed by atoms with Gasteiger partial charge in [-0.05, 0) is 30.4 Å². The van der Waals surface area contributed by atoms with Crippen molar-refractivity contribution >= 4 is 11.3 Å². The molecule has 66 valence electrons. The minimum atomic E-state index is 0.0277. The Balaban J connectivity index is 2.93. The van der Waals surface area contributed by atoms with E-state index in [4.69, 9.17) is 5.73 Å². The third-order valence-corrected chi connectivity index (χ3v) is 3.02. The van der Waals surface area contributed by atoms with E-state index in [-0.39, 0.29) is 6.04 Å². The molecule has 1 unspecified atom stereocenters. The van der Waals surface area contributed by atoms with E-state index in [2.05, 4.69) is 24.9 Å². The smallest absolute Gasteiger partial charge is 0.0602 e. The maximum atomic E-state index is 5.97. The van der Waals surface area contributed by atoms with Crippen LogP contribution in [0.5, 0.6) is 0 Å². The van der Waals surface area contributed by atoms with E-state index in [1.807, 2.05) is 6.92 Å². The molecule has 12 heavy (non-hydrogen) atoms. The van der Waals surface area contributed by atoms with Crippen LogP contribution in [0.4, 0.5) is 0 Å². The van der Waals surface area contributed by atoms with Gasteiger partial charge >= 0.3 is 0 Å². The van der Waals surface area contributed by atoms with Crippen LogP contribution in [0.25, 0.3) is 0 Å². The number of hydrogen-bond acceptors (Lipinski definition) is 2. The van der Waals surface area contributed by atoms with E-state index >= 15 is 0 Å². The summed E-state index contributed by atoms with van der Waals surface area (Å²) in [7, 11) is 0. The van der Waals surface area contributed by atoms with E-state index in [1.54, 1.807) is 11.3 Å². The zero-order valence-electron chi connectivity index (χ0n) is 7.63. The molecule has 1 heterocycles. The predicted molar refractivity (Wildman–Crippen MR) is 55.4 cm³/mol. The van der Waals surface area contributed by atoms with Gasteiger partial charge in [-0.15, -0.1) is 11.3 Å². The number of nitrogens with two attached hydrogens (primary N) is 1. The molecular formula is C10H15NS. The monoisotopic (exact) mass is 181 g/mol. The second-order valence-electron chi connectivity index (χ2n) is 2.99. The summed E-state index contributed by atoms with van der Waals surface area (Å²) < 4.78 is 0. The van der Waals surface area contributed by atoms with Gasteiger partial charge < -0.3 is 5.73 Å². The van der Waals surface area contributed by atoms with Crippen molar-refractivity contribution < 1.29 is 0 Å². The largest absolute Gasteiger partial charge is 0.320 e. The van der Waals surface area contributed by atoms with Crippen LogP contribution < -0.4 is 5.73 Å². The van der Waals surface area contributed by atoms with Crippen molar-refractivity contribution in [2.24, 2.45) is 5.73 Å². The fourth-order valence-corrected chi connectivity index (χ4v) is 2.23. The first-order valence-electron chi connectivity index (χ1n) is 4.14. The molecule has 0 aromatic carbocycles. The van der Waals surface area contributed by atoms with Crippen molar-refractivity contribution in [2.75, 3.05) is 0 Å². The highest BCUT2D eigenvalue weighted by Gasteiger charge is 2.11. The van der Waals surface area contributed by atoms with Crippen LogP contribution in [-0.2, 0) is 6.42 Å². The van der Waals surface area contributed by atoms with Crippen LogP contribution >= 0.6 is 11.3 Å². The van der Waals surface area contributed by atoms with Gasteiger partial charge in [0.2, 0.25) is 0 Å². The lowest BCUT2D eigenvalue weighted by atomic mass is 10.1. The summed E-state index contributed by atoms with van der Waals surface area (Å²) in [6.45, 7) is 7.99. The molecule has 2 heteroatoms. The first kappa shape index (κ1) is 9.49. The topological polar surface area (TPSA) is 26.0 Å². The Labute approximate surface area is 77.9 Å². The lowest BCUT2D eigenvalue weighted by molar-refractivity contribution is 0.854. The Morgan fingerprint density at radius 2 is 2.42 bits per heavy atom. The van der Waals surface area contributed by atoms with Gasteiger partial charge in [0.25, 0.3) is 0 Å². The molecule has 0 aliphatic carbocycles. The fraction of sp³-hybridized carbons (Fsp3) is 0.400.